The minimum absolute atomic E-state index is 0.193. The van der Waals surface area contributed by atoms with Crippen LogP contribution in [0, 0.1) is 19.7 Å². The van der Waals surface area contributed by atoms with Crippen LogP contribution in [0.3, 0.4) is 0 Å². The highest BCUT2D eigenvalue weighted by molar-refractivity contribution is 5.67. The Morgan fingerprint density at radius 3 is 2.44 bits per heavy atom. The predicted molar refractivity (Wildman–Crippen MR) is 63.0 cm³/mol. The van der Waals surface area contributed by atoms with Crippen LogP contribution in [-0.2, 0) is 0 Å². The summed E-state index contributed by atoms with van der Waals surface area (Å²) >= 11 is 0. The fourth-order valence-electron chi connectivity index (χ4n) is 1.64. The van der Waals surface area contributed by atoms with E-state index in [1.807, 2.05) is 19.9 Å². The molecule has 0 saturated heterocycles. The lowest BCUT2D eigenvalue weighted by Crippen LogP contribution is -1.86. The highest BCUT2D eigenvalue weighted by Gasteiger charge is 2.06. The van der Waals surface area contributed by atoms with Gasteiger partial charge in [0.1, 0.15) is 11.6 Å². The molecule has 0 aromatic heterocycles. The number of benzene rings is 2. The molecule has 0 fully saturated rings. The first kappa shape index (κ1) is 10.7. The average molecular weight is 216 g/mol. The van der Waals surface area contributed by atoms with E-state index in [-0.39, 0.29) is 11.6 Å². The SMILES string of the molecule is Cc1ccc(F)c(-c2ccc(C)c(O)c2)c1. The van der Waals surface area contributed by atoms with Crippen LogP contribution in [0.1, 0.15) is 11.1 Å². The molecule has 0 aliphatic carbocycles. The van der Waals surface area contributed by atoms with Crippen molar-refractivity contribution in [1.29, 1.82) is 0 Å². The van der Waals surface area contributed by atoms with E-state index in [1.165, 1.54) is 6.07 Å². The lowest BCUT2D eigenvalue weighted by Gasteiger charge is -2.06. The lowest BCUT2D eigenvalue weighted by atomic mass is 10.0. The quantitative estimate of drug-likeness (QED) is 0.768. The molecule has 0 saturated carbocycles. The highest BCUT2D eigenvalue weighted by Crippen LogP contribution is 2.28. The molecule has 2 heteroatoms. The van der Waals surface area contributed by atoms with Crippen molar-refractivity contribution in [1.82, 2.24) is 0 Å². The molecule has 16 heavy (non-hydrogen) atoms. The summed E-state index contributed by atoms with van der Waals surface area (Å²) in [5.41, 5.74) is 3.01. The maximum atomic E-state index is 13.6. The van der Waals surface area contributed by atoms with Gasteiger partial charge in [0, 0.05) is 5.56 Å². The van der Waals surface area contributed by atoms with E-state index >= 15 is 0 Å². The van der Waals surface area contributed by atoms with Gasteiger partial charge < -0.3 is 5.11 Å². The highest BCUT2D eigenvalue weighted by atomic mass is 19.1. The Labute approximate surface area is 94.2 Å². The Morgan fingerprint density at radius 1 is 1.00 bits per heavy atom. The number of halogens is 1. The maximum absolute atomic E-state index is 13.6. The van der Waals surface area contributed by atoms with Crippen LogP contribution in [0.5, 0.6) is 5.75 Å². The second-order valence-corrected chi connectivity index (χ2v) is 3.98. The lowest BCUT2D eigenvalue weighted by molar-refractivity contribution is 0.471. The van der Waals surface area contributed by atoms with Crippen molar-refractivity contribution < 1.29 is 9.50 Å². The fraction of sp³-hybridized carbons (Fsp3) is 0.143. The van der Waals surface area contributed by atoms with Crippen molar-refractivity contribution in [2.75, 3.05) is 0 Å². The number of hydrogen-bond acceptors (Lipinski definition) is 1. The molecule has 0 radical (unpaired) electrons. The van der Waals surface area contributed by atoms with E-state index in [9.17, 15) is 9.50 Å². The first-order valence-electron chi connectivity index (χ1n) is 5.14. The molecule has 2 rings (SSSR count). The zero-order valence-electron chi connectivity index (χ0n) is 9.29. The van der Waals surface area contributed by atoms with E-state index in [0.29, 0.717) is 11.1 Å². The molecule has 0 bridgehead atoms. The van der Waals surface area contributed by atoms with E-state index in [0.717, 1.165) is 11.1 Å². The first-order chi connectivity index (χ1) is 7.58. The van der Waals surface area contributed by atoms with Crippen LogP contribution in [0.25, 0.3) is 11.1 Å². The standard InChI is InChI=1S/C14H13FO/c1-9-3-6-13(15)12(7-9)11-5-4-10(2)14(16)8-11/h3-8,16H,1-2H3. The van der Waals surface area contributed by atoms with Gasteiger partial charge in [-0.3, -0.25) is 0 Å². The third-order valence-electron chi connectivity index (χ3n) is 2.64. The number of aromatic hydroxyl groups is 1. The summed E-state index contributed by atoms with van der Waals surface area (Å²) in [6, 6.07) is 10.1. The van der Waals surface area contributed by atoms with Gasteiger partial charge in [-0.1, -0.05) is 23.8 Å². The monoisotopic (exact) mass is 216 g/mol. The third kappa shape index (κ3) is 1.91. The van der Waals surface area contributed by atoms with Gasteiger partial charge in [-0.05, 0) is 43.2 Å². The molecule has 2 aromatic rings. The summed E-state index contributed by atoms with van der Waals surface area (Å²) in [6.45, 7) is 3.72. The minimum atomic E-state index is -0.270. The molecule has 0 spiro atoms. The first-order valence-corrected chi connectivity index (χ1v) is 5.14. The molecule has 0 amide bonds. The molecule has 2 aromatic carbocycles. The molecular formula is C14H13FO. The molecule has 0 aliphatic heterocycles. The molecular weight excluding hydrogens is 203 g/mol. The summed E-state index contributed by atoms with van der Waals surface area (Å²) in [5, 5.41) is 9.60. The van der Waals surface area contributed by atoms with Crippen molar-refractivity contribution in [3.8, 4) is 16.9 Å². The van der Waals surface area contributed by atoms with Crippen molar-refractivity contribution in [2.24, 2.45) is 0 Å². The van der Waals surface area contributed by atoms with Crippen LogP contribution in [0.2, 0.25) is 0 Å². The molecule has 0 heterocycles. The summed E-state index contributed by atoms with van der Waals surface area (Å²) < 4.78 is 13.6. The van der Waals surface area contributed by atoms with Gasteiger partial charge >= 0.3 is 0 Å². The summed E-state index contributed by atoms with van der Waals surface area (Å²) in [5.74, 6) is -0.0766. The van der Waals surface area contributed by atoms with Crippen LogP contribution in [0.15, 0.2) is 36.4 Å². The van der Waals surface area contributed by atoms with Crippen molar-refractivity contribution in [3.05, 3.63) is 53.3 Å². The molecule has 0 aliphatic rings. The van der Waals surface area contributed by atoms with Gasteiger partial charge in [0.15, 0.2) is 0 Å². The largest absolute Gasteiger partial charge is 0.508 e. The topological polar surface area (TPSA) is 20.2 Å². The van der Waals surface area contributed by atoms with Gasteiger partial charge in [-0.25, -0.2) is 4.39 Å². The number of hydrogen-bond donors (Lipinski definition) is 1. The number of phenols is 1. The summed E-state index contributed by atoms with van der Waals surface area (Å²) in [4.78, 5) is 0. The van der Waals surface area contributed by atoms with Crippen LogP contribution >= 0.6 is 0 Å². The molecule has 1 nitrogen and oxygen atoms in total. The normalized spacial score (nSPS) is 10.4. The second-order valence-electron chi connectivity index (χ2n) is 3.98. The fourth-order valence-corrected chi connectivity index (χ4v) is 1.64. The Hall–Kier alpha value is -1.83. The Bertz CT molecular complexity index is 532. The van der Waals surface area contributed by atoms with Crippen LogP contribution < -0.4 is 0 Å². The maximum Gasteiger partial charge on any atom is 0.131 e. The number of phenolic OH excluding ortho intramolecular Hbond substituents is 1. The van der Waals surface area contributed by atoms with Crippen molar-refractivity contribution in [2.45, 2.75) is 13.8 Å². The van der Waals surface area contributed by atoms with Gasteiger partial charge in [-0.2, -0.15) is 0 Å². The van der Waals surface area contributed by atoms with Crippen molar-refractivity contribution in [3.63, 3.8) is 0 Å². The average Bonchev–Trinajstić information content (AvgIpc) is 2.26. The molecule has 0 unspecified atom stereocenters. The smallest absolute Gasteiger partial charge is 0.131 e. The van der Waals surface area contributed by atoms with E-state index in [4.69, 9.17) is 0 Å². The Balaban J connectivity index is 2.58. The minimum Gasteiger partial charge on any atom is -0.508 e. The van der Waals surface area contributed by atoms with E-state index < -0.39 is 0 Å². The van der Waals surface area contributed by atoms with E-state index in [2.05, 4.69) is 0 Å². The summed E-state index contributed by atoms with van der Waals surface area (Å²) in [7, 11) is 0. The molecule has 82 valence electrons. The Morgan fingerprint density at radius 2 is 1.75 bits per heavy atom. The van der Waals surface area contributed by atoms with Crippen LogP contribution in [0.4, 0.5) is 4.39 Å². The van der Waals surface area contributed by atoms with Gasteiger partial charge in [0.25, 0.3) is 0 Å². The van der Waals surface area contributed by atoms with Gasteiger partial charge in [0.05, 0.1) is 0 Å². The van der Waals surface area contributed by atoms with Crippen LogP contribution in [-0.4, -0.2) is 5.11 Å². The number of rotatable bonds is 1. The Kier molecular flexibility index (Phi) is 2.65. The van der Waals surface area contributed by atoms with Crippen molar-refractivity contribution >= 4 is 0 Å². The molecule has 0 atom stereocenters. The predicted octanol–water partition coefficient (Wildman–Crippen LogP) is 3.82. The summed E-state index contributed by atoms with van der Waals surface area (Å²) in [6.07, 6.45) is 0. The van der Waals surface area contributed by atoms with E-state index in [1.54, 1.807) is 24.3 Å². The third-order valence-corrected chi connectivity index (χ3v) is 2.64. The zero-order valence-corrected chi connectivity index (χ0v) is 9.29. The number of aryl methyl sites for hydroxylation is 2. The zero-order chi connectivity index (χ0) is 11.7. The second kappa shape index (κ2) is 3.97. The molecule has 1 N–H and O–H groups in total. The van der Waals surface area contributed by atoms with Gasteiger partial charge in [0.2, 0.25) is 0 Å². The van der Waals surface area contributed by atoms with Gasteiger partial charge in [-0.15, -0.1) is 0 Å².